The molecule has 5 N–H and O–H groups in total. The zero-order chi connectivity index (χ0) is 17.3. The Morgan fingerprint density at radius 2 is 2.04 bits per heavy atom. The highest BCUT2D eigenvalue weighted by Crippen LogP contribution is 2.33. The molecule has 2 aromatic rings. The van der Waals surface area contributed by atoms with Gasteiger partial charge in [0.15, 0.2) is 6.23 Å². The van der Waals surface area contributed by atoms with Crippen molar-refractivity contribution >= 4 is 28.3 Å². The number of benzene rings is 1. The fraction of sp³-hybridized carbons (Fsp3) is 0.438. The number of nitrogens with zero attached hydrogens (tertiary/aromatic N) is 1. The fourth-order valence-corrected chi connectivity index (χ4v) is 3.21. The second-order valence-corrected chi connectivity index (χ2v) is 6.09. The van der Waals surface area contributed by atoms with Gasteiger partial charge in [0.2, 0.25) is 0 Å². The maximum absolute atomic E-state index is 11.0. The highest BCUT2D eigenvalue weighted by molar-refractivity contribution is 7.78. The van der Waals surface area contributed by atoms with E-state index in [2.05, 4.69) is 27.4 Å². The first kappa shape index (κ1) is 17.2. The average Bonchev–Trinajstić information content (AvgIpc) is 2.98. The first-order valence-corrected chi connectivity index (χ1v) is 7.89. The molecule has 0 amide bonds. The maximum Gasteiger partial charge on any atom is 0.187 e. The number of aliphatic hydroxyl groups is 4. The van der Waals surface area contributed by atoms with Gasteiger partial charge in [-0.25, -0.2) is 0 Å². The van der Waals surface area contributed by atoms with E-state index in [1.54, 1.807) is 0 Å². The molecule has 1 unspecified atom stereocenters. The Kier molecular flexibility index (Phi) is 4.80. The van der Waals surface area contributed by atoms with Crippen LogP contribution in [-0.4, -0.2) is 67.3 Å². The number of para-hydroxylation sites is 1. The molecule has 128 valence electrons. The van der Waals surface area contributed by atoms with E-state index in [1.807, 2.05) is 30.3 Å². The van der Waals surface area contributed by atoms with E-state index in [9.17, 15) is 20.4 Å². The van der Waals surface area contributed by atoms with Crippen molar-refractivity contribution in [1.29, 1.82) is 0 Å². The van der Waals surface area contributed by atoms with Crippen LogP contribution in [0.5, 0.6) is 0 Å². The minimum absolute atomic E-state index is 0.0761. The van der Waals surface area contributed by atoms with Crippen LogP contribution in [0.1, 0.15) is 5.69 Å². The number of fused-ring (bicyclic) bond motifs is 1. The number of rotatable bonds is 4. The van der Waals surface area contributed by atoms with Crippen LogP contribution < -0.4 is 0 Å². The van der Waals surface area contributed by atoms with Crippen LogP contribution in [0.15, 0.2) is 35.3 Å². The molecule has 5 atom stereocenters. The molecule has 7 nitrogen and oxygen atoms in total. The predicted molar refractivity (Wildman–Crippen MR) is 89.7 cm³/mol. The molecule has 0 saturated carbocycles. The summed E-state index contributed by atoms with van der Waals surface area (Å²) in [6.07, 6.45) is -5.41. The number of ether oxygens (including phenoxy) is 1. The van der Waals surface area contributed by atoms with Gasteiger partial charge in [0.05, 0.1) is 11.8 Å². The molecule has 0 bridgehead atoms. The number of nitrogens with one attached hydrogen (secondary N) is 1. The van der Waals surface area contributed by atoms with Crippen molar-refractivity contribution in [2.24, 2.45) is 4.99 Å². The minimum Gasteiger partial charge on any atom is -0.394 e. The summed E-state index contributed by atoms with van der Waals surface area (Å²) < 4.78 is 5.28. The molecule has 24 heavy (non-hydrogen) atoms. The molecule has 1 saturated heterocycles. The van der Waals surface area contributed by atoms with Gasteiger partial charge in [-0.3, -0.25) is 0 Å². The van der Waals surface area contributed by atoms with E-state index >= 15 is 0 Å². The van der Waals surface area contributed by atoms with Crippen LogP contribution in [0.3, 0.4) is 0 Å². The van der Waals surface area contributed by atoms with Crippen LogP contribution in [0.4, 0.5) is 0 Å². The van der Waals surface area contributed by atoms with Crippen LogP contribution >= 0.6 is 12.2 Å². The number of isothiocyanates is 1. The Hall–Kier alpha value is -1.64. The van der Waals surface area contributed by atoms with Crippen LogP contribution in [0, 0.1) is 0 Å². The standard InChI is InChI=1S/C16H18N2O5S/c19-7-12-13(20)16(22,14(21)15(23-12)17-8-24)6-10-5-9-3-1-2-4-11(9)18-10/h1-5,12-15,18-22H,6-7H2/t12-,13-,14+,15?,16+/m1/s1. The van der Waals surface area contributed by atoms with E-state index in [4.69, 9.17) is 4.74 Å². The van der Waals surface area contributed by atoms with E-state index in [0.29, 0.717) is 5.69 Å². The van der Waals surface area contributed by atoms with Gasteiger partial charge in [-0.2, -0.15) is 4.99 Å². The summed E-state index contributed by atoms with van der Waals surface area (Å²) in [4.78, 5) is 6.81. The summed E-state index contributed by atoms with van der Waals surface area (Å²) in [6, 6.07) is 9.38. The van der Waals surface area contributed by atoms with Gasteiger partial charge >= 0.3 is 0 Å². The zero-order valence-electron chi connectivity index (χ0n) is 12.7. The van der Waals surface area contributed by atoms with E-state index in [-0.39, 0.29) is 6.42 Å². The first-order valence-electron chi connectivity index (χ1n) is 7.48. The molecule has 0 aliphatic carbocycles. The predicted octanol–water partition coefficient (Wildman–Crippen LogP) is -0.0167. The summed E-state index contributed by atoms with van der Waals surface area (Å²) in [5.41, 5.74) is -0.466. The zero-order valence-corrected chi connectivity index (χ0v) is 13.5. The summed E-state index contributed by atoms with van der Waals surface area (Å²) in [7, 11) is 0. The number of hydrogen-bond acceptors (Lipinski definition) is 7. The van der Waals surface area contributed by atoms with Gasteiger partial charge in [0, 0.05) is 17.6 Å². The van der Waals surface area contributed by atoms with Crippen molar-refractivity contribution in [3.05, 3.63) is 36.0 Å². The number of H-pyrrole nitrogens is 1. The lowest BCUT2D eigenvalue weighted by Crippen LogP contribution is -2.67. The first-order chi connectivity index (χ1) is 11.5. The van der Waals surface area contributed by atoms with E-state index < -0.39 is 36.7 Å². The van der Waals surface area contributed by atoms with Crippen LogP contribution in [0.2, 0.25) is 0 Å². The molecule has 1 aromatic carbocycles. The Morgan fingerprint density at radius 3 is 2.71 bits per heavy atom. The molecular weight excluding hydrogens is 332 g/mol. The van der Waals surface area contributed by atoms with Gasteiger partial charge in [0.25, 0.3) is 0 Å². The van der Waals surface area contributed by atoms with Crippen molar-refractivity contribution in [2.75, 3.05) is 6.61 Å². The third-order valence-corrected chi connectivity index (χ3v) is 4.49. The highest BCUT2D eigenvalue weighted by Gasteiger charge is 2.55. The van der Waals surface area contributed by atoms with Crippen LogP contribution in [0.25, 0.3) is 10.9 Å². The molecule has 1 fully saturated rings. The number of aromatic amines is 1. The quantitative estimate of drug-likeness (QED) is 0.391. The number of aliphatic hydroxyl groups excluding tert-OH is 3. The number of aliphatic imine (C=N–C) groups is 1. The summed E-state index contributed by atoms with van der Waals surface area (Å²) in [6.45, 7) is -0.535. The minimum atomic E-state index is -1.97. The third-order valence-electron chi connectivity index (χ3n) is 4.38. The normalized spacial score (nSPS) is 33.3. The molecule has 3 rings (SSSR count). The van der Waals surface area contributed by atoms with Gasteiger partial charge in [-0.05, 0) is 29.7 Å². The van der Waals surface area contributed by atoms with E-state index in [1.165, 1.54) is 0 Å². The molecule has 2 heterocycles. The highest BCUT2D eigenvalue weighted by atomic mass is 32.1. The Bertz CT molecular complexity index is 742. The van der Waals surface area contributed by atoms with Crippen molar-refractivity contribution in [1.82, 2.24) is 4.98 Å². The van der Waals surface area contributed by atoms with Gasteiger partial charge in [-0.1, -0.05) is 18.2 Å². The topological polar surface area (TPSA) is 118 Å². The summed E-state index contributed by atoms with van der Waals surface area (Å²) in [5, 5.41) is 44.2. The maximum atomic E-state index is 11.0. The summed E-state index contributed by atoms with van der Waals surface area (Å²) >= 11 is 4.52. The number of thiocarbonyl (C=S) groups is 1. The molecule has 0 radical (unpaired) electrons. The van der Waals surface area contributed by atoms with Gasteiger partial charge < -0.3 is 30.1 Å². The van der Waals surface area contributed by atoms with Gasteiger partial charge in [-0.15, -0.1) is 0 Å². The average molecular weight is 350 g/mol. The lowest BCUT2D eigenvalue weighted by atomic mass is 9.80. The monoisotopic (exact) mass is 350 g/mol. The van der Waals surface area contributed by atoms with Crippen molar-refractivity contribution in [2.45, 2.75) is 36.6 Å². The van der Waals surface area contributed by atoms with Crippen molar-refractivity contribution in [3.8, 4) is 0 Å². The van der Waals surface area contributed by atoms with E-state index in [0.717, 1.165) is 10.9 Å². The molecular formula is C16H18N2O5S. The Labute approximate surface area is 143 Å². The Balaban J connectivity index is 1.95. The van der Waals surface area contributed by atoms with Crippen molar-refractivity contribution in [3.63, 3.8) is 0 Å². The SMILES string of the molecule is OC[C@H]1OC(N=C=S)[C@H](O)[C@](O)(Cc2cc3ccccc3[nH]2)[C@@H]1O. The number of hydrogen-bond donors (Lipinski definition) is 5. The lowest BCUT2D eigenvalue weighted by molar-refractivity contribution is -0.272. The second-order valence-electron chi connectivity index (χ2n) is 5.91. The third kappa shape index (κ3) is 2.89. The van der Waals surface area contributed by atoms with Gasteiger partial charge in [0.1, 0.15) is 23.9 Å². The molecule has 0 spiro atoms. The van der Waals surface area contributed by atoms with Crippen molar-refractivity contribution < 1.29 is 25.2 Å². The number of aromatic nitrogens is 1. The summed E-state index contributed by atoms with van der Waals surface area (Å²) in [5.74, 6) is 0. The second kappa shape index (κ2) is 6.70. The molecule has 1 aromatic heterocycles. The largest absolute Gasteiger partial charge is 0.394 e. The molecule has 1 aliphatic heterocycles. The lowest BCUT2D eigenvalue weighted by Gasteiger charge is -2.46. The Morgan fingerprint density at radius 1 is 1.29 bits per heavy atom. The smallest absolute Gasteiger partial charge is 0.187 e. The van der Waals surface area contributed by atoms with Crippen LogP contribution in [-0.2, 0) is 11.2 Å². The molecule has 8 heteroatoms. The fourth-order valence-electron chi connectivity index (χ4n) is 3.11. The molecule has 1 aliphatic rings.